The van der Waals surface area contributed by atoms with Gasteiger partial charge in [0.05, 0.1) is 36.6 Å². The lowest BCUT2D eigenvalue weighted by Gasteiger charge is -2.63. The maximum absolute atomic E-state index is 12.9. The van der Waals surface area contributed by atoms with Gasteiger partial charge in [-0.1, -0.05) is 82.2 Å². The summed E-state index contributed by atoms with van der Waals surface area (Å²) < 4.78 is 41.0. The highest BCUT2D eigenvalue weighted by molar-refractivity contribution is 6.74. The molecule has 10 heteroatoms. The van der Waals surface area contributed by atoms with Gasteiger partial charge in [0.1, 0.15) is 5.78 Å². The number of Topliss-reactive ketones (excluding diaryl/α,β-unsaturated/α-hetero) is 1. The molecular formula is C57H96O8Si2. The van der Waals surface area contributed by atoms with E-state index in [4.69, 9.17) is 27.8 Å². The second-order valence-electron chi connectivity index (χ2n) is 29.6. The van der Waals surface area contributed by atoms with E-state index < -0.39 is 28.2 Å². The number of rotatable bonds is 4. The molecule has 0 aromatic carbocycles. The molecule has 8 unspecified atom stereocenters. The molecule has 0 bridgehead atoms. The van der Waals surface area contributed by atoms with Crippen molar-refractivity contribution in [2.75, 3.05) is 0 Å². The molecule has 0 amide bonds. The third kappa shape index (κ3) is 8.04. The van der Waals surface area contributed by atoms with Crippen molar-refractivity contribution in [3.63, 3.8) is 0 Å². The summed E-state index contributed by atoms with van der Waals surface area (Å²) in [5.41, 5.74) is 0.553. The van der Waals surface area contributed by atoms with Gasteiger partial charge in [0.25, 0.3) is 0 Å². The van der Waals surface area contributed by atoms with Crippen molar-refractivity contribution < 1.29 is 37.4 Å². The predicted molar refractivity (Wildman–Crippen MR) is 271 cm³/mol. The van der Waals surface area contributed by atoms with Gasteiger partial charge in [-0.25, -0.2) is 0 Å². The molecule has 10 rings (SSSR count). The Morgan fingerprint density at radius 1 is 0.537 bits per heavy atom. The van der Waals surface area contributed by atoms with E-state index in [2.05, 4.69) is 136 Å². The minimum atomic E-state index is -1.84. The molecule has 67 heavy (non-hydrogen) atoms. The fourth-order valence-electron chi connectivity index (χ4n) is 17.3. The van der Waals surface area contributed by atoms with Crippen LogP contribution in [0.3, 0.4) is 0 Å². The molecule has 2 saturated heterocycles. The Bertz CT molecular complexity index is 1980. The van der Waals surface area contributed by atoms with Crippen LogP contribution in [0.1, 0.15) is 174 Å². The Balaban J connectivity index is 0.000000168. The minimum Gasteiger partial charge on any atom is -0.413 e. The summed E-state index contributed by atoms with van der Waals surface area (Å²) in [6.07, 6.45) is 17.0. The van der Waals surface area contributed by atoms with Crippen molar-refractivity contribution in [3.8, 4) is 0 Å². The molecule has 2 aliphatic heterocycles. The maximum Gasteiger partial charge on any atom is 0.192 e. The van der Waals surface area contributed by atoms with Gasteiger partial charge in [-0.2, -0.15) is 0 Å². The fraction of sp³-hybridized carbons (Fsp3) is 0.930. The van der Waals surface area contributed by atoms with Crippen LogP contribution in [0.15, 0.2) is 12.2 Å². The zero-order chi connectivity index (χ0) is 49.2. The Morgan fingerprint density at radius 3 is 1.43 bits per heavy atom. The molecule has 9 fully saturated rings. The number of carbonyl (C=O) groups excluding carboxylic acids is 2. The standard InChI is InChI=1S/C29H50O4Si.C28H46O4Si/c1-17-16-29(8)19-13-14-28(7)18(11-12-22(28)33-34(9,10)26(2,3)4)23(19)25-24(20(29)15-21(17)30)31-27(5,6)32-25;1-25(2,3)33(8,9)32-21-11-10-18-22-19(13-15-28(18,21)7)27(6)14-12-17(29)16-20(27)23-24(22)31-26(4,5)30-23/h17-20,22-25H,11-16H2,1-10H3;12,14,18-24H,10-11,13,15-16H2,1-9H3/t17-,18?,19?,20?,22+,23?,24-,25-,28+,29-;18?,19?,20?,21-,22?,23+,24+,27+,28-/m10/s1. The van der Waals surface area contributed by atoms with Gasteiger partial charge in [0.2, 0.25) is 0 Å². The summed E-state index contributed by atoms with van der Waals surface area (Å²) in [7, 11) is -3.68. The van der Waals surface area contributed by atoms with Crippen molar-refractivity contribution in [2.24, 2.45) is 74.9 Å². The number of hydrogen-bond donors (Lipinski definition) is 0. The lowest BCUT2D eigenvalue weighted by Crippen LogP contribution is -2.64. The van der Waals surface area contributed by atoms with Gasteiger partial charge in [-0.05, 0) is 185 Å². The molecule has 0 radical (unpaired) electrons. The van der Waals surface area contributed by atoms with Crippen LogP contribution in [0.25, 0.3) is 0 Å². The fourth-order valence-corrected chi connectivity index (χ4v) is 20.2. The normalized spacial score (nSPS) is 49.6. The molecule has 0 spiro atoms. The first kappa shape index (κ1) is 51.2. The highest BCUT2D eigenvalue weighted by Gasteiger charge is 2.71. The summed E-state index contributed by atoms with van der Waals surface area (Å²) >= 11 is 0. The number of carbonyl (C=O) groups is 2. The Hall–Kier alpha value is -0.726. The first-order valence-electron chi connectivity index (χ1n) is 27.4. The molecule has 380 valence electrons. The SMILES string of the molecule is CC1(C)O[C@@H]2C3C(CC[C@@]4(C)C3CC[C@@H]4O[Si](C)(C)C(C)(C)C)[C@@]3(C)C=CC(=O)CC3[C@H]2O1.C[C@@H]1C[C@]2(C)C3CC[C@@]4(C)C(CC[C@@H]4O[Si](C)(C)C(C)(C)C)C3[C@H]3OC(C)(C)O[C@@H]3C2CC1=O. The Kier molecular flexibility index (Phi) is 12.3. The van der Waals surface area contributed by atoms with E-state index in [-0.39, 0.29) is 79.7 Å². The van der Waals surface area contributed by atoms with Crippen LogP contribution in [0.5, 0.6) is 0 Å². The Labute approximate surface area is 409 Å². The molecule has 0 aromatic rings. The first-order valence-corrected chi connectivity index (χ1v) is 33.2. The highest BCUT2D eigenvalue weighted by atomic mass is 28.4. The van der Waals surface area contributed by atoms with Crippen LogP contribution >= 0.6 is 0 Å². The predicted octanol–water partition coefficient (Wildman–Crippen LogP) is 13.5. The van der Waals surface area contributed by atoms with Gasteiger partial charge >= 0.3 is 0 Å². The third-order valence-electron chi connectivity index (χ3n) is 22.9. The van der Waals surface area contributed by atoms with Crippen LogP contribution in [0.4, 0.5) is 0 Å². The van der Waals surface area contributed by atoms with E-state index >= 15 is 0 Å². The van der Waals surface area contributed by atoms with E-state index in [1.54, 1.807) is 0 Å². The van der Waals surface area contributed by atoms with Crippen molar-refractivity contribution in [1.29, 1.82) is 0 Å². The number of allylic oxidation sites excluding steroid dienone is 2. The van der Waals surface area contributed by atoms with E-state index in [0.29, 0.717) is 66.3 Å². The van der Waals surface area contributed by atoms with Crippen LogP contribution < -0.4 is 0 Å². The molecule has 10 aliphatic rings. The monoisotopic (exact) mass is 965 g/mol. The Morgan fingerprint density at radius 2 is 0.955 bits per heavy atom. The second kappa shape index (κ2) is 16.1. The quantitative estimate of drug-likeness (QED) is 0.257. The van der Waals surface area contributed by atoms with Crippen molar-refractivity contribution in [2.45, 2.75) is 259 Å². The largest absolute Gasteiger partial charge is 0.413 e. The molecule has 8 aliphatic carbocycles. The second-order valence-corrected chi connectivity index (χ2v) is 39.1. The molecular weight excluding hydrogens is 869 g/mol. The molecule has 8 nitrogen and oxygen atoms in total. The lowest BCUT2D eigenvalue weighted by molar-refractivity contribution is -0.188. The number of hydrogen-bond acceptors (Lipinski definition) is 8. The van der Waals surface area contributed by atoms with E-state index in [1.807, 2.05) is 6.08 Å². The van der Waals surface area contributed by atoms with E-state index in [9.17, 15) is 9.59 Å². The minimum absolute atomic E-state index is 0.00265. The van der Waals surface area contributed by atoms with Crippen molar-refractivity contribution in [1.82, 2.24) is 0 Å². The molecule has 0 N–H and O–H groups in total. The zero-order valence-corrected chi connectivity index (χ0v) is 47.9. The van der Waals surface area contributed by atoms with Crippen LogP contribution in [-0.4, -0.2) is 76.4 Å². The summed E-state index contributed by atoms with van der Waals surface area (Å²) in [4.78, 5) is 25.3. The third-order valence-corrected chi connectivity index (χ3v) is 31.9. The van der Waals surface area contributed by atoms with Crippen molar-refractivity contribution in [3.05, 3.63) is 12.2 Å². The summed E-state index contributed by atoms with van der Waals surface area (Å²) in [6, 6.07) is 0. The van der Waals surface area contributed by atoms with Crippen LogP contribution in [0, 0.1) is 74.9 Å². The number of ether oxygens (including phenoxy) is 4. The summed E-state index contributed by atoms with van der Waals surface area (Å²) in [6.45, 7) is 44.1. The van der Waals surface area contributed by atoms with Crippen molar-refractivity contribution >= 4 is 28.2 Å². The van der Waals surface area contributed by atoms with Crippen LogP contribution in [0.2, 0.25) is 36.3 Å². The average molecular weight is 966 g/mol. The van der Waals surface area contributed by atoms with Gasteiger partial charge < -0.3 is 27.8 Å². The van der Waals surface area contributed by atoms with Gasteiger partial charge in [-0.15, -0.1) is 0 Å². The van der Waals surface area contributed by atoms with E-state index in [0.717, 1.165) is 12.8 Å². The van der Waals surface area contributed by atoms with Gasteiger partial charge in [0.15, 0.2) is 34.0 Å². The van der Waals surface area contributed by atoms with Crippen LogP contribution in [-0.2, 0) is 37.4 Å². The van der Waals surface area contributed by atoms with Gasteiger partial charge in [0, 0.05) is 30.6 Å². The topological polar surface area (TPSA) is 89.5 Å². The summed E-state index contributed by atoms with van der Waals surface area (Å²) in [5.74, 6) is 3.48. The number of ketones is 2. The van der Waals surface area contributed by atoms with E-state index in [1.165, 1.54) is 44.9 Å². The average Bonchev–Trinajstić information content (AvgIpc) is 3.91. The lowest BCUT2D eigenvalue weighted by atomic mass is 9.43. The molecule has 19 atom stereocenters. The highest BCUT2D eigenvalue weighted by Crippen LogP contribution is 2.71. The number of fused-ring (bicyclic) bond motifs is 16. The molecule has 2 heterocycles. The molecule has 7 saturated carbocycles. The maximum atomic E-state index is 12.9. The zero-order valence-electron chi connectivity index (χ0n) is 45.9. The first-order chi connectivity index (χ1) is 30.6. The molecule has 0 aromatic heterocycles. The van der Waals surface area contributed by atoms with Gasteiger partial charge in [-0.3, -0.25) is 9.59 Å². The summed E-state index contributed by atoms with van der Waals surface area (Å²) in [5, 5.41) is 0.452. The smallest absolute Gasteiger partial charge is 0.192 e.